The number of carbonyl (C=O) groups is 1. The minimum absolute atomic E-state index is 0.114. The number of pyridine rings is 1. The van der Waals surface area contributed by atoms with Crippen molar-refractivity contribution in [2.45, 2.75) is 19.3 Å². The van der Waals surface area contributed by atoms with E-state index in [2.05, 4.69) is 10.3 Å². The van der Waals surface area contributed by atoms with Crippen molar-refractivity contribution < 1.29 is 9.53 Å². The summed E-state index contributed by atoms with van der Waals surface area (Å²) in [5.41, 5.74) is 0.667. The van der Waals surface area contributed by atoms with E-state index in [4.69, 9.17) is 4.74 Å². The van der Waals surface area contributed by atoms with Crippen molar-refractivity contribution in [3.8, 4) is 5.88 Å². The second kappa shape index (κ2) is 4.02. The molecular weight excluding hydrogens is 216 g/mol. The van der Waals surface area contributed by atoms with Gasteiger partial charge in [0, 0.05) is 12.1 Å². The summed E-state index contributed by atoms with van der Waals surface area (Å²) in [6.07, 6.45) is 5.09. The molecule has 0 bridgehead atoms. The Hall–Kier alpha value is -1.58. The predicted octanol–water partition coefficient (Wildman–Crippen LogP) is 2.07. The molecule has 1 amide bonds. The third kappa shape index (κ3) is 1.99. The summed E-state index contributed by atoms with van der Waals surface area (Å²) >= 11 is 0. The van der Waals surface area contributed by atoms with Gasteiger partial charge in [-0.05, 0) is 43.2 Å². The number of hydrogen-bond acceptors (Lipinski definition) is 3. The van der Waals surface area contributed by atoms with E-state index in [1.54, 1.807) is 19.4 Å². The molecule has 0 aromatic carbocycles. The highest BCUT2D eigenvalue weighted by atomic mass is 16.5. The van der Waals surface area contributed by atoms with E-state index in [9.17, 15) is 4.79 Å². The molecule has 17 heavy (non-hydrogen) atoms. The molecular formula is C13H16N2O2. The monoisotopic (exact) mass is 232 g/mol. The van der Waals surface area contributed by atoms with E-state index >= 15 is 0 Å². The summed E-state index contributed by atoms with van der Waals surface area (Å²) in [4.78, 5) is 16.1. The quantitative estimate of drug-likeness (QED) is 0.868. The molecule has 1 aromatic heterocycles. The first-order valence-electron chi connectivity index (χ1n) is 6.08. The van der Waals surface area contributed by atoms with Gasteiger partial charge in [0.1, 0.15) is 5.69 Å². The Morgan fingerprint density at radius 3 is 2.88 bits per heavy atom. The van der Waals surface area contributed by atoms with Crippen molar-refractivity contribution in [3.05, 3.63) is 18.3 Å². The second-order valence-electron chi connectivity index (χ2n) is 4.97. The third-order valence-electron chi connectivity index (χ3n) is 3.84. The number of ether oxygens (including phenoxy) is 1. The molecule has 2 atom stereocenters. The zero-order valence-corrected chi connectivity index (χ0v) is 9.85. The van der Waals surface area contributed by atoms with Crippen LogP contribution in [0.2, 0.25) is 0 Å². The first-order chi connectivity index (χ1) is 8.28. The lowest BCUT2D eigenvalue weighted by atomic mass is 10.0. The van der Waals surface area contributed by atoms with Crippen LogP contribution >= 0.6 is 0 Å². The van der Waals surface area contributed by atoms with Crippen LogP contribution in [0.3, 0.4) is 0 Å². The summed E-state index contributed by atoms with van der Waals surface area (Å²) in [5, 5.41) is 2.92. The molecule has 2 aliphatic carbocycles. The SMILES string of the molecule is COc1ncccc1NC(=O)C1CC2CC2C1. The van der Waals surface area contributed by atoms with Gasteiger partial charge in [-0.1, -0.05) is 0 Å². The van der Waals surface area contributed by atoms with Crippen LogP contribution in [0.25, 0.3) is 0 Å². The average molecular weight is 232 g/mol. The first-order valence-corrected chi connectivity index (χ1v) is 6.08. The Kier molecular flexibility index (Phi) is 2.50. The van der Waals surface area contributed by atoms with Gasteiger partial charge in [0.25, 0.3) is 0 Å². The van der Waals surface area contributed by atoms with Gasteiger partial charge in [0.15, 0.2) is 0 Å². The molecule has 0 radical (unpaired) electrons. The van der Waals surface area contributed by atoms with E-state index in [1.807, 2.05) is 6.07 Å². The van der Waals surface area contributed by atoms with Crippen LogP contribution in [0.5, 0.6) is 5.88 Å². The molecule has 4 nitrogen and oxygen atoms in total. The zero-order valence-electron chi connectivity index (χ0n) is 9.85. The highest BCUT2D eigenvalue weighted by Gasteiger charge is 2.48. The number of methoxy groups -OCH3 is 1. The van der Waals surface area contributed by atoms with Gasteiger partial charge in [-0.3, -0.25) is 4.79 Å². The number of carbonyl (C=O) groups excluding carboxylic acids is 1. The Balaban J connectivity index is 1.67. The van der Waals surface area contributed by atoms with Crippen LogP contribution in [-0.4, -0.2) is 18.0 Å². The maximum Gasteiger partial charge on any atom is 0.237 e. The number of amides is 1. The number of anilines is 1. The van der Waals surface area contributed by atoms with Crippen molar-refractivity contribution in [2.24, 2.45) is 17.8 Å². The maximum absolute atomic E-state index is 12.1. The lowest BCUT2D eigenvalue weighted by Gasteiger charge is -2.13. The molecule has 90 valence electrons. The molecule has 4 heteroatoms. The third-order valence-corrected chi connectivity index (χ3v) is 3.84. The Morgan fingerprint density at radius 1 is 1.41 bits per heavy atom. The summed E-state index contributed by atoms with van der Waals surface area (Å²) < 4.78 is 5.11. The topological polar surface area (TPSA) is 51.2 Å². The number of nitrogens with one attached hydrogen (secondary N) is 1. The predicted molar refractivity (Wildman–Crippen MR) is 63.7 cm³/mol. The van der Waals surface area contributed by atoms with Gasteiger partial charge in [-0.25, -0.2) is 4.98 Å². The molecule has 0 aliphatic heterocycles. The lowest BCUT2D eigenvalue weighted by molar-refractivity contribution is -0.120. The Bertz CT molecular complexity index is 437. The van der Waals surface area contributed by atoms with Gasteiger partial charge >= 0.3 is 0 Å². The summed E-state index contributed by atoms with van der Waals surface area (Å²) in [5.74, 6) is 2.42. The van der Waals surface area contributed by atoms with E-state index in [1.165, 1.54) is 6.42 Å². The van der Waals surface area contributed by atoms with Gasteiger partial charge in [-0.15, -0.1) is 0 Å². The van der Waals surface area contributed by atoms with E-state index < -0.39 is 0 Å². The number of hydrogen-bond donors (Lipinski definition) is 1. The van der Waals surface area contributed by atoms with Crippen molar-refractivity contribution in [3.63, 3.8) is 0 Å². The number of nitrogens with zero attached hydrogens (tertiary/aromatic N) is 1. The minimum Gasteiger partial charge on any atom is -0.480 e. The van der Waals surface area contributed by atoms with Crippen LogP contribution in [0, 0.1) is 17.8 Å². The molecule has 0 saturated heterocycles. The molecule has 2 aliphatic rings. The molecule has 2 fully saturated rings. The maximum atomic E-state index is 12.1. The standard InChI is InChI=1S/C13H16N2O2/c1-17-13-11(3-2-4-14-13)15-12(16)10-6-8-5-9(8)7-10/h2-4,8-10H,5-7H2,1H3,(H,15,16). The fourth-order valence-electron chi connectivity index (χ4n) is 2.81. The Morgan fingerprint density at radius 2 is 2.18 bits per heavy atom. The molecule has 2 saturated carbocycles. The first kappa shape index (κ1) is 10.6. The van der Waals surface area contributed by atoms with Gasteiger partial charge in [0.05, 0.1) is 7.11 Å². The van der Waals surface area contributed by atoms with Gasteiger partial charge in [0.2, 0.25) is 11.8 Å². The van der Waals surface area contributed by atoms with E-state index in [0.29, 0.717) is 11.6 Å². The normalized spacial score (nSPS) is 29.6. The molecule has 0 spiro atoms. The number of rotatable bonds is 3. The average Bonchev–Trinajstić information content (AvgIpc) is 2.96. The Labute approximate surface area is 100 Å². The van der Waals surface area contributed by atoms with Crippen molar-refractivity contribution in [2.75, 3.05) is 12.4 Å². The van der Waals surface area contributed by atoms with Crippen LogP contribution in [0.15, 0.2) is 18.3 Å². The van der Waals surface area contributed by atoms with Crippen molar-refractivity contribution >= 4 is 11.6 Å². The highest BCUT2D eigenvalue weighted by Crippen LogP contribution is 2.54. The molecule has 1 heterocycles. The lowest BCUT2D eigenvalue weighted by Crippen LogP contribution is -2.22. The molecule has 3 rings (SSSR count). The zero-order chi connectivity index (χ0) is 11.8. The van der Waals surface area contributed by atoms with Crippen LogP contribution in [-0.2, 0) is 4.79 Å². The van der Waals surface area contributed by atoms with Crippen molar-refractivity contribution in [1.82, 2.24) is 4.98 Å². The molecule has 1 aromatic rings. The fourth-order valence-corrected chi connectivity index (χ4v) is 2.81. The summed E-state index contributed by atoms with van der Waals surface area (Å²) in [7, 11) is 1.56. The van der Waals surface area contributed by atoms with Crippen molar-refractivity contribution in [1.29, 1.82) is 0 Å². The van der Waals surface area contributed by atoms with Gasteiger partial charge < -0.3 is 10.1 Å². The van der Waals surface area contributed by atoms with E-state index in [0.717, 1.165) is 24.7 Å². The summed E-state index contributed by atoms with van der Waals surface area (Å²) in [6.45, 7) is 0. The smallest absolute Gasteiger partial charge is 0.237 e. The van der Waals surface area contributed by atoms with Gasteiger partial charge in [-0.2, -0.15) is 0 Å². The number of fused-ring (bicyclic) bond motifs is 1. The van der Waals surface area contributed by atoms with Crippen LogP contribution in [0.1, 0.15) is 19.3 Å². The van der Waals surface area contributed by atoms with E-state index in [-0.39, 0.29) is 11.8 Å². The number of aromatic nitrogens is 1. The molecule has 1 N–H and O–H groups in total. The minimum atomic E-state index is 0.114. The van der Waals surface area contributed by atoms with Crippen LogP contribution < -0.4 is 10.1 Å². The summed E-state index contributed by atoms with van der Waals surface area (Å²) in [6, 6.07) is 3.61. The highest BCUT2D eigenvalue weighted by molar-refractivity contribution is 5.93. The second-order valence-corrected chi connectivity index (χ2v) is 4.97. The fraction of sp³-hybridized carbons (Fsp3) is 0.538. The van der Waals surface area contributed by atoms with Crippen LogP contribution in [0.4, 0.5) is 5.69 Å². The largest absolute Gasteiger partial charge is 0.480 e. The molecule has 2 unspecified atom stereocenters.